The minimum atomic E-state index is -0.134. The lowest BCUT2D eigenvalue weighted by Gasteiger charge is -2.07. The van der Waals surface area contributed by atoms with Crippen molar-refractivity contribution >= 4 is 11.6 Å². The molecule has 0 bridgehead atoms. The smallest absolute Gasteiger partial charge is 0.240 e. The number of nitrogens with zero attached hydrogens (tertiary/aromatic N) is 1. The summed E-state index contributed by atoms with van der Waals surface area (Å²) in [6.07, 6.45) is 1.68. The molecular weight excluding hydrogens is 276 g/mol. The van der Waals surface area contributed by atoms with Crippen molar-refractivity contribution in [3.8, 4) is 5.75 Å². The van der Waals surface area contributed by atoms with Gasteiger partial charge in [0.2, 0.25) is 5.91 Å². The Bertz CT molecular complexity index is 651. The molecule has 0 aliphatic heterocycles. The number of phenols is 1. The number of benzene rings is 2. The van der Waals surface area contributed by atoms with E-state index >= 15 is 0 Å². The molecule has 4 nitrogen and oxygen atoms in total. The number of rotatable bonds is 6. The zero-order valence-electron chi connectivity index (χ0n) is 12.6. The molecular formula is C18H20N2O2. The Kier molecular flexibility index (Phi) is 5.72. The van der Waals surface area contributed by atoms with Crippen LogP contribution >= 0.6 is 0 Å². The van der Waals surface area contributed by atoms with Crippen molar-refractivity contribution in [2.45, 2.75) is 26.2 Å². The van der Waals surface area contributed by atoms with Gasteiger partial charge < -0.3 is 5.11 Å². The molecule has 0 heterocycles. The van der Waals surface area contributed by atoms with Gasteiger partial charge in [0.05, 0.1) is 5.71 Å². The number of aromatic hydroxyl groups is 1. The number of hydrogen-bond donors (Lipinski definition) is 2. The van der Waals surface area contributed by atoms with Crippen LogP contribution in [-0.4, -0.2) is 16.7 Å². The molecule has 1 amide bonds. The van der Waals surface area contributed by atoms with E-state index in [1.807, 2.05) is 43.3 Å². The molecule has 114 valence electrons. The molecule has 0 unspecified atom stereocenters. The Morgan fingerprint density at radius 1 is 1.09 bits per heavy atom. The molecule has 0 aromatic heterocycles. The lowest BCUT2D eigenvalue weighted by molar-refractivity contribution is -0.121. The monoisotopic (exact) mass is 296 g/mol. The fourth-order valence-corrected chi connectivity index (χ4v) is 2.14. The molecule has 0 fully saturated rings. The highest BCUT2D eigenvalue weighted by atomic mass is 16.3. The minimum absolute atomic E-state index is 0.134. The molecule has 2 aromatic carbocycles. The van der Waals surface area contributed by atoms with Gasteiger partial charge in [-0.25, -0.2) is 5.43 Å². The third-order valence-electron chi connectivity index (χ3n) is 3.35. The normalized spacial score (nSPS) is 11.2. The van der Waals surface area contributed by atoms with Crippen molar-refractivity contribution in [2.24, 2.45) is 5.10 Å². The Labute approximate surface area is 130 Å². The molecule has 0 aliphatic carbocycles. The van der Waals surface area contributed by atoms with Crippen molar-refractivity contribution in [3.05, 3.63) is 65.7 Å². The van der Waals surface area contributed by atoms with Gasteiger partial charge in [-0.1, -0.05) is 49.4 Å². The fraction of sp³-hybridized carbons (Fsp3) is 0.222. The van der Waals surface area contributed by atoms with Crippen molar-refractivity contribution in [1.82, 2.24) is 5.43 Å². The molecule has 0 atom stereocenters. The maximum atomic E-state index is 11.9. The van der Waals surface area contributed by atoms with Gasteiger partial charge in [0.25, 0.3) is 0 Å². The Hall–Kier alpha value is -2.62. The van der Waals surface area contributed by atoms with Crippen molar-refractivity contribution in [3.63, 3.8) is 0 Å². The summed E-state index contributed by atoms with van der Waals surface area (Å²) in [4.78, 5) is 11.9. The molecule has 2 N–H and O–H groups in total. The second-order valence-corrected chi connectivity index (χ2v) is 4.95. The molecule has 2 aromatic rings. The van der Waals surface area contributed by atoms with Gasteiger partial charge in [-0.2, -0.15) is 5.10 Å². The van der Waals surface area contributed by atoms with E-state index < -0.39 is 0 Å². The first-order chi connectivity index (χ1) is 10.7. The number of amides is 1. The van der Waals surface area contributed by atoms with E-state index in [-0.39, 0.29) is 11.7 Å². The second kappa shape index (κ2) is 7.98. The second-order valence-electron chi connectivity index (χ2n) is 4.95. The minimum Gasteiger partial charge on any atom is -0.507 e. The lowest BCUT2D eigenvalue weighted by Crippen LogP contribution is -2.20. The Balaban J connectivity index is 1.94. The van der Waals surface area contributed by atoms with E-state index in [9.17, 15) is 9.90 Å². The summed E-state index contributed by atoms with van der Waals surface area (Å²) in [7, 11) is 0. The quantitative estimate of drug-likeness (QED) is 0.635. The molecule has 0 radical (unpaired) electrons. The summed E-state index contributed by atoms with van der Waals surface area (Å²) in [6, 6.07) is 16.8. The van der Waals surface area contributed by atoms with E-state index in [1.165, 1.54) is 0 Å². The van der Waals surface area contributed by atoms with Crippen LogP contribution < -0.4 is 5.43 Å². The van der Waals surface area contributed by atoms with Crippen LogP contribution in [-0.2, 0) is 11.2 Å². The number of para-hydroxylation sites is 1. The van der Waals surface area contributed by atoms with Gasteiger partial charge in [-0.3, -0.25) is 4.79 Å². The summed E-state index contributed by atoms with van der Waals surface area (Å²) in [5.74, 6) is 0.0341. The maximum absolute atomic E-state index is 11.9. The van der Waals surface area contributed by atoms with Crippen LogP contribution in [0.2, 0.25) is 0 Å². The highest BCUT2D eigenvalue weighted by Crippen LogP contribution is 2.17. The lowest BCUT2D eigenvalue weighted by atomic mass is 10.1. The Morgan fingerprint density at radius 3 is 2.45 bits per heavy atom. The summed E-state index contributed by atoms with van der Waals surface area (Å²) in [5.41, 5.74) is 5.00. The number of aryl methyl sites for hydroxylation is 1. The van der Waals surface area contributed by atoms with Gasteiger partial charge in [0, 0.05) is 12.0 Å². The fourth-order valence-electron chi connectivity index (χ4n) is 2.14. The van der Waals surface area contributed by atoms with E-state index in [2.05, 4.69) is 10.5 Å². The van der Waals surface area contributed by atoms with Gasteiger partial charge in [-0.15, -0.1) is 0 Å². The number of nitrogens with one attached hydrogen (secondary N) is 1. The SMILES string of the molecule is CC/C(=N\NC(=O)CCc1ccccc1)c1ccccc1O. The standard InChI is InChI=1S/C18H20N2O2/c1-2-16(15-10-6-7-11-17(15)21)19-20-18(22)13-12-14-8-4-3-5-9-14/h3-11,21H,2,12-13H2,1H3,(H,20,22)/b19-16+. The predicted molar refractivity (Wildman–Crippen MR) is 87.8 cm³/mol. The molecule has 0 spiro atoms. The van der Waals surface area contributed by atoms with Crippen LogP contribution in [0.3, 0.4) is 0 Å². The first kappa shape index (κ1) is 15.8. The average molecular weight is 296 g/mol. The van der Waals surface area contributed by atoms with E-state index in [0.717, 1.165) is 5.56 Å². The third-order valence-corrected chi connectivity index (χ3v) is 3.35. The molecule has 0 saturated carbocycles. The van der Waals surface area contributed by atoms with Crippen molar-refractivity contribution < 1.29 is 9.90 Å². The first-order valence-electron chi connectivity index (χ1n) is 7.38. The highest BCUT2D eigenvalue weighted by molar-refractivity contribution is 6.03. The maximum Gasteiger partial charge on any atom is 0.240 e. The van der Waals surface area contributed by atoms with E-state index in [1.54, 1.807) is 18.2 Å². The third kappa shape index (κ3) is 4.45. The topological polar surface area (TPSA) is 61.7 Å². The molecule has 0 aliphatic rings. The first-order valence-corrected chi connectivity index (χ1v) is 7.38. The Morgan fingerprint density at radius 2 is 1.77 bits per heavy atom. The van der Waals surface area contributed by atoms with Gasteiger partial charge in [0.15, 0.2) is 0 Å². The van der Waals surface area contributed by atoms with Crippen LogP contribution in [0.5, 0.6) is 5.75 Å². The number of hydrogen-bond acceptors (Lipinski definition) is 3. The van der Waals surface area contributed by atoms with Crippen molar-refractivity contribution in [1.29, 1.82) is 0 Å². The highest BCUT2D eigenvalue weighted by Gasteiger charge is 2.07. The summed E-state index contributed by atoms with van der Waals surface area (Å²) in [6.45, 7) is 1.93. The number of carbonyl (C=O) groups is 1. The summed E-state index contributed by atoms with van der Waals surface area (Å²) < 4.78 is 0. The zero-order chi connectivity index (χ0) is 15.8. The molecule has 2 rings (SSSR count). The van der Waals surface area contributed by atoms with Gasteiger partial charge in [0.1, 0.15) is 5.75 Å². The largest absolute Gasteiger partial charge is 0.507 e. The summed E-state index contributed by atoms with van der Waals surface area (Å²) >= 11 is 0. The van der Waals surface area contributed by atoms with Crippen LogP contribution in [0.4, 0.5) is 0 Å². The number of phenolic OH excluding ortho intramolecular Hbond substituents is 1. The number of carbonyl (C=O) groups excluding carboxylic acids is 1. The zero-order valence-corrected chi connectivity index (χ0v) is 12.6. The van der Waals surface area contributed by atoms with Crippen LogP contribution in [0.15, 0.2) is 59.7 Å². The van der Waals surface area contributed by atoms with Gasteiger partial charge in [-0.05, 0) is 30.5 Å². The summed E-state index contributed by atoms with van der Waals surface area (Å²) in [5, 5.41) is 14.0. The van der Waals surface area contributed by atoms with Gasteiger partial charge >= 0.3 is 0 Å². The van der Waals surface area contributed by atoms with E-state index in [4.69, 9.17) is 0 Å². The van der Waals surface area contributed by atoms with E-state index in [0.29, 0.717) is 30.5 Å². The van der Waals surface area contributed by atoms with Crippen molar-refractivity contribution in [2.75, 3.05) is 0 Å². The molecule has 0 saturated heterocycles. The number of hydrazone groups is 1. The molecule has 4 heteroatoms. The van der Waals surface area contributed by atoms with Crippen LogP contribution in [0.1, 0.15) is 30.9 Å². The van der Waals surface area contributed by atoms with Crippen LogP contribution in [0, 0.1) is 0 Å². The molecule has 22 heavy (non-hydrogen) atoms. The van der Waals surface area contributed by atoms with Crippen LogP contribution in [0.25, 0.3) is 0 Å². The average Bonchev–Trinajstić information content (AvgIpc) is 2.56. The predicted octanol–water partition coefficient (Wildman–Crippen LogP) is 3.26.